The minimum Gasteiger partial charge on any atom is -0.484 e. The highest BCUT2D eigenvalue weighted by Crippen LogP contribution is 2.35. The molecule has 4 aromatic rings. The van der Waals surface area contributed by atoms with Crippen molar-refractivity contribution in [2.24, 2.45) is 0 Å². The Morgan fingerprint density at radius 3 is 2.50 bits per heavy atom. The number of benzene rings is 2. The summed E-state index contributed by atoms with van der Waals surface area (Å²) in [6.45, 7) is -0.103. The van der Waals surface area contributed by atoms with Crippen LogP contribution in [-0.4, -0.2) is 10.2 Å². The molecule has 2 aromatic carbocycles. The minimum atomic E-state index is -4.67. The lowest BCUT2D eigenvalue weighted by Crippen LogP contribution is -2.11. The summed E-state index contributed by atoms with van der Waals surface area (Å²) < 4.78 is 55.0. The van der Waals surface area contributed by atoms with Crippen molar-refractivity contribution in [2.45, 2.75) is 12.8 Å². The maximum atomic E-state index is 13.1. The van der Waals surface area contributed by atoms with Crippen molar-refractivity contribution in [3.05, 3.63) is 76.5 Å². The van der Waals surface area contributed by atoms with Crippen LogP contribution < -0.4 is 10.4 Å². The maximum absolute atomic E-state index is 13.1. The molecule has 142 valence electrons. The third-order valence-electron chi connectivity index (χ3n) is 3.87. The molecule has 9 heteroatoms. The Bertz CT molecular complexity index is 1180. The van der Waals surface area contributed by atoms with Gasteiger partial charge in [-0.2, -0.15) is 13.2 Å². The van der Waals surface area contributed by atoms with Gasteiger partial charge in [0.05, 0.1) is 5.56 Å². The normalized spacial score (nSPS) is 11.7. The van der Waals surface area contributed by atoms with E-state index in [0.717, 1.165) is 5.56 Å². The van der Waals surface area contributed by atoms with Crippen molar-refractivity contribution in [2.75, 3.05) is 0 Å². The molecule has 0 bridgehead atoms. The number of nitrogens with zero attached hydrogens (tertiary/aromatic N) is 2. The maximum Gasteiger partial charge on any atom is 0.417 e. The van der Waals surface area contributed by atoms with E-state index in [1.165, 1.54) is 18.2 Å². The lowest BCUT2D eigenvalue weighted by atomic mass is 10.1. The molecule has 0 aliphatic heterocycles. The Morgan fingerprint density at radius 1 is 0.964 bits per heavy atom. The van der Waals surface area contributed by atoms with Gasteiger partial charge < -0.3 is 13.6 Å². The molecule has 4 rings (SSSR count). The third kappa shape index (κ3) is 3.59. The fourth-order valence-corrected chi connectivity index (χ4v) is 2.62. The second kappa shape index (κ2) is 6.84. The summed E-state index contributed by atoms with van der Waals surface area (Å²) in [5.41, 5.74) is -1.64. The van der Waals surface area contributed by atoms with Crippen LogP contribution >= 0.6 is 0 Å². The summed E-state index contributed by atoms with van der Waals surface area (Å²) in [6, 6.07) is 13.3. The van der Waals surface area contributed by atoms with Crippen molar-refractivity contribution in [3.8, 4) is 17.2 Å². The average molecular weight is 388 g/mol. The highest BCUT2D eigenvalue weighted by molar-refractivity contribution is 5.82. The highest BCUT2D eigenvalue weighted by Gasteiger charge is 2.33. The van der Waals surface area contributed by atoms with E-state index < -0.39 is 17.4 Å². The van der Waals surface area contributed by atoms with Crippen molar-refractivity contribution in [3.63, 3.8) is 0 Å². The Hall–Kier alpha value is -3.62. The lowest BCUT2D eigenvalue weighted by molar-refractivity contribution is -0.136. The summed E-state index contributed by atoms with van der Waals surface area (Å²) in [5.74, 6) is 0.692. The van der Waals surface area contributed by atoms with Crippen LogP contribution in [0.1, 0.15) is 11.5 Å². The second-order valence-electron chi connectivity index (χ2n) is 5.79. The first-order chi connectivity index (χ1) is 13.4. The topological polar surface area (TPSA) is 78.4 Å². The van der Waals surface area contributed by atoms with E-state index in [4.69, 9.17) is 13.6 Å². The second-order valence-corrected chi connectivity index (χ2v) is 5.79. The summed E-state index contributed by atoms with van der Waals surface area (Å²) in [4.78, 5) is 11.4. The van der Waals surface area contributed by atoms with Crippen LogP contribution in [0.5, 0.6) is 5.75 Å². The van der Waals surface area contributed by atoms with E-state index in [-0.39, 0.29) is 29.2 Å². The van der Waals surface area contributed by atoms with Gasteiger partial charge in [-0.05, 0) is 24.3 Å². The Kier molecular flexibility index (Phi) is 4.34. The number of halogens is 3. The molecule has 0 fully saturated rings. The van der Waals surface area contributed by atoms with E-state index >= 15 is 0 Å². The van der Waals surface area contributed by atoms with Gasteiger partial charge in [0.1, 0.15) is 11.3 Å². The van der Waals surface area contributed by atoms with Crippen LogP contribution in [-0.2, 0) is 12.8 Å². The number of fused-ring (bicyclic) bond motifs is 1. The summed E-state index contributed by atoms with van der Waals surface area (Å²) >= 11 is 0. The first-order valence-corrected chi connectivity index (χ1v) is 8.06. The lowest BCUT2D eigenvalue weighted by Gasteiger charge is -2.10. The number of hydrogen-bond donors (Lipinski definition) is 0. The SMILES string of the molecule is O=c1cc(C(F)(F)F)c2ccc(OCc3nnc(-c4ccccc4)o3)cc2o1. The minimum absolute atomic E-state index is 0.103. The largest absolute Gasteiger partial charge is 0.484 e. The Balaban J connectivity index is 1.56. The number of alkyl halides is 3. The fourth-order valence-electron chi connectivity index (χ4n) is 2.62. The molecule has 28 heavy (non-hydrogen) atoms. The molecule has 0 N–H and O–H groups in total. The number of hydrogen-bond acceptors (Lipinski definition) is 6. The van der Waals surface area contributed by atoms with Gasteiger partial charge in [-0.3, -0.25) is 0 Å². The van der Waals surface area contributed by atoms with Gasteiger partial charge >= 0.3 is 11.8 Å². The van der Waals surface area contributed by atoms with Crippen LogP contribution in [0.2, 0.25) is 0 Å². The van der Waals surface area contributed by atoms with E-state index in [9.17, 15) is 18.0 Å². The zero-order chi connectivity index (χ0) is 19.7. The Labute approximate surface area is 155 Å². The molecule has 0 aliphatic rings. The standard InChI is InChI=1S/C19H11F3N2O4/c20-19(21,22)14-9-17(25)27-15-8-12(6-7-13(14)15)26-10-16-23-24-18(28-16)11-4-2-1-3-5-11/h1-9H,10H2. The van der Waals surface area contributed by atoms with Gasteiger partial charge in [0, 0.05) is 23.1 Å². The molecule has 0 aliphatic carbocycles. The van der Waals surface area contributed by atoms with Crippen LogP contribution in [0.4, 0.5) is 13.2 Å². The predicted octanol–water partition coefficient (Wildman–Crippen LogP) is 4.44. The molecule has 2 heterocycles. The molecule has 0 atom stereocenters. The molecule has 0 unspecified atom stereocenters. The quantitative estimate of drug-likeness (QED) is 0.481. The van der Waals surface area contributed by atoms with Crippen molar-refractivity contribution in [1.82, 2.24) is 10.2 Å². The zero-order valence-electron chi connectivity index (χ0n) is 14.1. The van der Waals surface area contributed by atoms with Gasteiger partial charge in [0.25, 0.3) is 5.89 Å². The van der Waals surface area contributed by atoms with E-state index in [1.807, 2.05) is 30.3 Å². The molecule has 0 amide bonds. The first kappa shape index (κ1) is 17.8. The van der Waals surface area contributed by atoms with Gasteiger partial charge in [-0.15, -0.1) is 10.2 Å². The molecule has 0 spiro atoms. The molecule has 2 aromatic heterocycles. The zero-order valence-corrected chi connectivity index (χ0v) is 14.1. The Morgan fingerprint density at radius 2 is 1.75 bits per heavy atom. The molecular formula is C19H11F3N2O4. The first-order valence-electron chi connectivity index (χ1n) is 8.06. The smallest absolute Gasteiger partial charge is 0.417 e. The van der Waals surface area contributed by atoms with Crippen LogP contribution in [0.3, 0.4) is 0 Å². The monoisotopic (exact) mass is 388 g/mol. The van der Waals surface area contributed by atoms with Gasteiger partial charge in [-0.25, -0.2) is 4.79 Å². The fraction of sp³-hybridized carbons (Fsp3) is 0.105. The van der Waals surface area contributed by atoms with Crippen LogP contribution in [0.25, 0.3) is 22.4 Å². The molecule has 6 nitrogen and oxygen atoms in total. The summed E-state index contributed by atoms with van der Waals surface area (Å²) in [7, 11) is 0. The van der Waals surface area contributed by atoms with E-state index in [2.05, 4.69) is 10.2 Å². The van der Waals surface area contributed by atoms with Crippen molar-refractivity contribution in [1.29, 1.82) is 0 Å². The molecular weight excluding hydrogens is 377 g/mol. The van der Waals surface area contributed by atoms with Crippen molar-refractivity contribution < 1.29 is 26.7 Å². The van der Waals surface area contributed by atoms with Crippen LogP contribution in [0, 0.1) is 0 Å². The summed E-state index contributed by atoms with van der Waals surface area (Å²) in [5, 5.41) is 7.55. The summed E-state index contributed by atoms with van der Waals surface area (Å²) in [6.07, 6.45) is -4.67. The van der Waals surface area contributed by atoms with E-state index in [1.54, 1.807) is 0 Å². The third-order valence-corrected chi connectivity index (χ3v) is 3.87. The van der Waals surface area contributed by atoms with Gasteiger partial charge in [0.15, 0.2) is 6.61 Å². The predicted molar refractivity (Wildman–Crippen MR) is 91.6 cm³/mol. The molecule has 0 saturated heterocycles. The van der Waals surface area contributed by atoms with E-state index in [0.29, 0.717) is 12.0 Å². The highest BCUT2D eigenvalue weighted by atomic mass is 19.4. The average Bonchev–Trinajstić information content (AvgIpc) is 3.14. The number of ether oxygens (including phenoxy) is 1. The van der Waals surface area contributed by atoms with Gasteiger partial charge in [-0.1, -0.05) is 18.2 Å². The number of aromatic nitrogens is 2. The number of rotatable bonds is 4. The molecule has 0 radical (unpaired) electrons. The van der Waals surface area contributed by atoms with Crippen molar-refractivity contribution >= 4 is 11.0 Å². The molecule has 0 saturated carbocycles. The van der Waals surface area contributed by atoms with Crippen LogP contribution in [0.15, 0.2) is 68.2 Å². The van der Waals surface area contributed by atoms with Gasteiger partial charge in [0.2, 0.25) is 5.89 Å².